The number of amidine groups is 1. The topological polar surface area (TPSA) is 68.2 Å². The first-order chi connectivity index (χ1) is 13.6. The number of hydrogen-bond acceptors (Lipinski definition) is 6. The number of aryl methyl sites for hydroxylation is 1. The van der Waals surface area contributed by atoms with Crippen LogP contribution < -0.4 is 10.4 Å². The molecule has 1 N–H and O–H groups in total. The van der Waals surface area contributed by atoms with Crippen molar-refractivity contribution in [1.82, 2.24) is 15.2 Å². The zero-order chi connectivity index (χ0) is 19.5. The summed E-state index contributed by atoms with van der Waals surface area (Å²) in [4.78, 5) is 33.5. The average molecular weight is 398 g/mol. The number of rotatable bonds is 4. The Kier molecular flexibility index (Phi) is 5.40. The largest absolute Gasteiger partial charge is 0.333 e. The third-order valence-corrected chi connectivity index (χ3v) is 5.71. The lowest BCUT2D eigenvalue weighted by Crippen LogP contribution is -2.58. The van der Waals surface area contributed by atoms with Gasteiger partial charge in [-0.3, -0.25) is 24.9 Å². The van der Waals surface area contributed by atoms with Crippen LogP contribution in [0.2, 0.25) is 0 Å². The second-order valence-electron chi connectivity index (χ2n) is 7.04. The van der Waals surface area contributed by atoms with Gasteiger partial charge in [-0.1, -0.05) is 17.7 Å². The highest BCUT2D eigenvalue weighted by molar-refractivity contribution is 7.07. The third-order valence-electron chi connectivity index (χ3n) is 4.98. The predicted octanol–water partition coefficient (Wildman–Crippen LogP) is 1.65. The molecule has 0 atom stereocenters. The molecule has 0 spiro atoms. The van der Waals surface area contributed by atoms with Crippen LogP contribution >= 0.6 is 11.3 Å². The highest BCUT2D eigenvalue weighted by atomic mass is 32.1. The first-order valence-electron chi connectivity index (χ1n) is 9.33. The van der Waals surface area contributed by atoms with E-state index in [0.717, 1.165) is 25.2 Å². The molecule has 4 rings (SSSR count). The van der Waals surface area contributed by atoms with E-state index in [1.54, 1.807) is 16.2 Å². The van der Waals surface area contributed by atoms with Crippen molar-refractivity contribution in [2.24, 2.45) is 4.99 Å². The lowest BCUT2D eigenvalue weighted by molar-refractivity contribution is -0.126. The van der Waals surface area contributed by atoms with Crippen LogP contribution in [0.5, 0.6) is 0 Å². The number of carbonyl (C=O) groups is 2. The Morgan fingerprint density at radius 2 is 1.89 bits per heavy atom. The molecule has 28 heavy (non-hydrogen) atoms. The van der Waals surface area contributed by atoms with Crippen molar-refractivity contribution in [1.29, 1.82) is 0 Å². The Labute approximate surface area is 168 Å². The van der Waals surface area contributed by atoms with E-state index < -0.39 is 0 Å². The minimum Gasteiger partial charge on any atom is -0.333 e. The zero-order valence-electron chi connectivity index (χ0n) is 15.8. The van der Waals surface area contributed by atoms with Crippen molar-refractivity contribution in [3.63, 3.8) is 0 Å². The van der Waals surface area contributed by atoms with Crippen molar-refractivity contribution in [3.05, 3.63) is 52.2 Å². The first kappa shape index (κ1) is 18.6. The highest BCUT2D eigenvalue weighted by Crippen LogP contribution is 2.16. The third kappa shape index (κ3) is 4.07. The number of hydrogen-bond donors (Lipinski definition) is 1. The van der Waals surface area contributed by atoms with E-state index in [4.69, 9.17) is 0 Å². The Balaban J connectivity index is 1.37. The maximum absolute atomic E-state index is 12.9. The van der Waals surface area contributed by atoms with Crippen molar-refractivity contribution >= 4 is 34.7 Å². The van der Waals surface area contributed by atoms with Crippen molar-refractivity contribution < 1.29 is 9.59 Å². The lowest BCUT2D eigenvalue weighted by atomic mass is 10.2. The molecule has 8 heteroatoms. The summed E-state index contributed by atoms with van der Waals surface area (Å²) in [6.07, 6.45) is 0. The summed E-state index contributed by atoms with van der Waals surface area (Å²) in [7, 11) is 0. The number of aliphatic imine (C=N–C) groups is 1. The molecule has 146 valence electrons. The molecular weight excluding hydrogens is 374 g/mol. The van der Waals surface area contributed by atoms with E-state index in [2.05, 4.69) is 32.1 Å². The van der Waals surface area contributed by atoms with Crippen molar-refractivity contribution in [2.75, 3.05) is 37.7 Å². The maximum atomic E-state index is 12.9. The van der Waals surface area contributed by atoms with Gasteiger partial charge in [0.1, 0.15) is 6.54 Å². The van der Waals surface area contributed by atoms with Crippen LogP contribution in [-0.4, -0.2) is 60.2 Å². The molecule has 2 amide bonds. The Morgan fingerprint density at radius 3 is 2.57 bits per heavy atom. The molecule has 0 aliphatic carbocycles. The van der Waals surface area contributed by atoms with Gasteiger partial charge in [-0.2, -0.15) is 11.3 Å². The fraction of sp³-hybridized carbons (Fsp3) is 0.350. The van der Waals surface area contributed by atoms with Crippen LogP contribution in [0.25, 0.3) is 0 Å². The molecule has 1 aromatic carbocycles. The monoisotopic (exact) mass is 397 g/mol. The van der Waals surface area contributed by atoms with Gasteiger partial charge in [-0.25, -0.2) is 5.01 Å². The molecule has 0 bridgehead atoms. The number of benzene rings is 1. The number of thiophene rings is 1. The lowest BCUT2D eigenvalue weighted by Gasteiger charge is -2.36. The van der Waals surface area contributed by atoms with E-state index in [1.807, 2.05) is 31.2 Å². The minimum atomic E-state index is -0.180. The molecule has 2 aliphatic rings. The van der Waals surface area contributed by atoms with Gasteiger partial charge >= 0.3 is 0 Å². The number of carbonyl (C=O) groups excluding carboxylic acids is 2. The quantitative estimate of drug-likeness (QED) is 0.852. The maximum Gasteiger partial charge on any atom is 0.290 e. The number of amides is 2. The zero-order valence-corrected chi connectivity index (χ0v) is 16.6. The van der Waals surface area contributed by atoms with Gasteiger partial charge in [0, 0.05) is 32.7 Å². The molecular formula is C20H23N5O2S. The average Bonchev–Trinajstić information content (AvgIpc) is 3.22. The minimum absolute atomic E-state index is 0.0277. The number of hydrazine groups is 1. The molecule has 7 nitrogen and oxygen atoms in total. The molecule has 2 aliphatic heterocycles. The van der Waals surface area contributed by atoms with Crippen LogP contribution in [0.4, 0.5) is 5.69 Å². The molecule has 0 saturated carbocycles. The Hall–Kier alpha value is -2.71. The standard InChI is InChI=1S/C20H23N5O2S/c1-15-2-4-17(5-3-15)25-18(26)12-21-19(22-25)20(27)24-9-7-23(8-10-24)13-16-6-11-28-14-16/h2-6,11,14H,7-10,12-13H2,1H3,(H,21,22). The second-order valence-corrected chi connectivity index (χ2v) is 7.82. The first-order valence-corrected chi connectivity index (χ1v) is 10.3. The van der Waals surface area contributed by atoms with E-state index in [0.29, 0.717) is 18.8 Å². The number of nitrogens with zero attached hydrogens (tertiary/aromatic N) is 4. The molecule has 3 heterocycles. The van der Waals surface area contributed by atoms with E-state index >= 15 is 0 Å². The van der Waals surface area contributed by atoms with Crippen LogP contribution in [0.15, 0.2) is 46.1 Å². The normalized spacial score (nSPS) is 18.0. The Morgan fingerprint density at radius 1 is 1.14 bits per heavy atom. The summed E-state index contributed by atoms with van der Waals surface area (Å²) < 4.78 is 0. The van der Waals surface area contributed by atoms with E-state index in [-0.39, 0.29) is 24.2 Å². The SMILES string of the molecule is Cc1ccc(N2NC(C(=O)N3CCN(Cc4ccsc4)CC3)=NCC2=O)cc1. The summed E-state index contributed by atoms with van der Waals surface area (Å²) in [5, 5.41) is 5.66. The van der Waals surface area contributed by atoms with Crippen molar-refractivity contribution in [2.45, 2.75) is 13.5 Å². The summed E-state index contributed by atoms with van der Waals surface area (Å²) in [6, 6.07) is 9.72. The summed E-state index contributed by atoms with van der Waals surface area (Å²) in [5.41, 5.74) is 6.04. The molecule has 0 radical (unpaired) electrons. The number of piperazine rings is 1. The Bertz CT molecular complexity index is 871. The van der Waals surface area contributed by atoms with Gasteiger partial charge in [0.2, 0.25) is 5.84 Å². The van der Waals surface area contributed by atoms with Crippen LogP contribution in [-0.2, 0) is 16.1 Å². The number of nitrogens with one attached hydrogen (secondary N) is 1. The van der Waals surface area contributed by atoms with Crippen LogP contribution in [0, 0.1) is 6.92 Å². The fourth-order valence-electron chi connectivity index (χ4n) is 3.34. The highest BCUT2D eigenvalue weighted by Gasteiger charge is 2.30. The molecule has 0 unspecified atom stereocenters. The summed E-state index contributed by atoms with van der Waals surface area (Å²) in [5.74, 6) is -0.104. The van der Waals surface area contributed by atoms with Gasteiger partial charge in [-0.05, 0) is 41.4 Å². The summed E-state index contributed by atoms with van der Waals surface area (Å²) in [6.45, 7) is 5.85. The van der Waals surface area contributed by atoms with Crippen LogP contribution in [0.3, 0.4) is 0 Å². The van der Waals surface area contributed by atoms with Gasteiger partial charge < -0.3 is 4.90 Å². The second kappa shape index (κ2) is 8.12. The predicted molar refractivity (Wildman–Crippen MR) is 110 cm³/mol. The van der Waals surface area contributed by atoms with E-state index in [9.17, 15) is 9.59 Å². The van der Waals surface area contributed by atoms with Crippen molar-refractivity contribution in [3.8, 4) is 0 Å². The molecule has 2 aromatic rings. The van der Waals surface area contributed by atoms with Gasteiger partial charge in [0.25, 0.3) is 11.8 Å². The fourth-order valence-corrected chi connectivity index (χ4v) is 4.00. The summed E-state index contributed by atoms with van der Waals surface area (Å²) >= 11 is 1.70. The van der Waals surface area contributed by atoms with Crippen LogP contribution in [0.1, 0.15) is 11.1 Å². The molecule has 1 saturated heterocycles. The van der Waals surface area contributed by atoms with Gasteiger partial charge in [0.05, 0.1) is 5.69 Å². The van der Waals surface area contributed by atoms with Gasteiger partial charge in [0.15, 0.2) is 0 Å². The number of anilines is 1. The van der Waals surface area contributed by atoms with Gasteiger partial charge in [-0.15, -0.1) is 0 Å². The molecule has 1 aromatic heterocycles. The van der Waals surface area contributed by atoms with E-state index in [1.165, 1.54) is 10.6 Å². The molecule has 1 fully saturated rings. The smallest absolute Gasteiger partial charge is 0.290 e.